The van der Waals surface area contributed by atoms with Gasteiger partial charge in [-0.05, 0) is 37.9 Å². The molecule has 0 spiro atoms. The third kappa shape index (κ3) is 1.67. The topological polar surface area (TPSA) is 19.0 Å². The lowest BCUT2D eigenvalue weighted by atomic mass is 10.0. The molecule has 2 aromatic rings. The van der Waals surface area contributed by atoms with Crippen molar-refractivity contribution in [2.75, 3.05) is 7.05 Å². The Bertz CT molecular complexity index is 514. The highest BCUT2D eigenvalue weighted by Gasteiger charge is 2.31. The summed E-state index contributed by atoms with van der Waals surface area (Å²) in [4.78, 5) is 5.94. The number of para-hydroxylation sites is 1. The van der Waals surface area contributed by atoms with E-state index in [1.807, 2.05) is 0 Å². The number of aromatic amines is 1. The van der Waals surface area contributed by atoms with E-state index in [9.17, 15) is 0 Å². The molecule has 0 bridgehead atoms. The highest BCUT2D eigenvalue weighted by Crippen LogP contribution is 2.38. The first kappa shape index (κ1) is 10.8. The summed E-state index contributed by atoms with van der Waals surface area (Å²) in [6.45, 7) is 2.29. The van der Waals surface area contributed by atoms with Crippen LogP contribution in [0.15, 0.2) is 30.5 Å². The number of nitrogens with one attached hydrogen (secondary N) is 1. The van der Waals surface area contributed by atoms with Gasteiger partial charge in [-0.15, -0.1) is 0 Å². The van der Waals surface area contributed by atoms with Crippen molar-refractivity contribution in [3.05, 3.63) is 36.0 Å². The second kappa shape index (κ2) is 4.19. The first-order valence-corrected chi connectivity index (χ1v) is 6.59. The minimum absolute atomic E-state index is 0.594. The van der Waals surface area contributed by atoms with Gasteiger partial charge in [0.25, 0.3) is 0 Å². The summed E-state index contributed by atoms with van der Waals surface area (Å²) in [7, 11) is 2.27. The van der Waals surface area contributed by atoms with Gasteiger partial charge in [0.2, 0.25) is 0 Å². The lowest BCUT2D eigenvalue weighted by Gasteiger charge is -2.24. The zero-order chi connectivity index (χ0) is 11.8. The molecule has 17 heavy (non-hydrogen) atoms. The molecule has 3 rings (SSSR count). The molecule has 0 radical (unpaired) electrons. The summed E-state index contributed by atoms with van der Waals surface area (Å²) in [6.07, 6.45) is 6.08. The average molecular weight is 228 g/mol. The van der Waals surface area contributed by atoms with Gasteiger partial charge in [-0.1, -0.05) is 25.1 Å². The summed E-state index contributed by atoms with van der Waals surface area (Å²) in [6, 6.07) is 9.96. The quantitative estimate of drug-likeness (QED) is 0.830. The van der Waals surface area contributed by atoms with Crippen molar-refractivity contribution >= 4 is 10.9 Å². The van der Waals surface area contributed by atoms with Gasteiger partial charge in [0.15, 0.2) is 0 Å². The van der Waals surface area contributed by atoms with Gasteiger partial charge >= 0.3 is 0 Å². The first-order valence-electron chi connectivity index (χ1n) is 6.59. The van der Waals surface area contributed by atoms with E-state index in [1.54, 1.807) is 0 Å². The van der Waals surface area contributed by atoms with Crippen LogP contribution in [0.3, 0.4) is 0 Å². The predicted molar refractivity (Wildman–Crippen MR) is 72.1 cm³/mol. The van der Waals surface area contributed by atoms with Gasteiger partial charge in [0.05, 0.1) is 0 Å². The molecule has 0 saturated carbocycles. The Labute approximate surface area is 103 Å². The molecule has 1 N–H and O–H groups in total. The number of hydrogen-bond acceptors (Lipinski definition) is 1. The van der Waals surface area contributed by atoms with Crippen molar-refractivity contribution in [3.8, 4) is 0 Å². The molecular weight excluding hydrogens is 208 g/mol. The number of benzene rings is 1. The second-order valence-electron chi connectivity index (χ2n) is 5.11. The van der Waals surface area contributed by atoms with E-state index < -0.39 is 0 Å². The largest absolute Gasteiger partial charge is 0.361 e. The standard InChI is InChI=1S/C15H20N2/c1-3-11-8-9-15(17(11)2)13-10-16-14-7-5-4-6-12(13)14/h4-7,10-11,15-16H,3,8-9H2,1-2H3/t11-,15-/m0/s1. The van der Waals surface area contributed by atoms with E-state index >= 15 is 0 Å². The maximum atomic E-state index is 3.39. The zero-order valence-electron chi connectivity index (χ0n) is 10.6. The van der Waals surface area contributed by atoms with Gasteiger partial charge in [-0.2, -0.15) is 0 Å². The molecule has 1 fully saturated rings. The molecule has 0 unspecified atom stereocenters. The molecule has 0 aliphatic carbocycles. The molecule has 1 aliphatic rings. The summed E-state index contributed by atoms with van der Waals surface area (Å²) in [5.41, 5.74) is 2.73. The van der Waals surface area contributed by atoms with E-state index in [0.717, 1.165) is 6.04 Å². The average Bonchev–Trinajstić information content (AvgIpc) is 2.92. The van der Waals surface area contributed by atoms with E-state index in [4.69, 9.17) is 0 Å². The number of fused-ring (bicyclic) bond motifs is 1. The minimum atomic E-state index is 0.594. The lowest BCUT2D eigenvalue weighted by Crippen LogP contribution is -2.26. The van der Waals surface area contributed by atoms with Crippen molar-refractivity contribution in [2.24, 2.45) is 0 Å². The third-order valence-electron chi connectivity index (χ3n) is 4.29. The zero-order valence-corrected chi connectivity index (χ0v) is 10.6. The fraction of sp³-hybridized carbons (Fsp3) is 0.467. The Morgan fingerprint density at radius 2 is 2.12 bits per heavy atom. The van der Waals surface area contributed by atoms with Crippen molar-refractivity contribution < 1.29 is 0 Å². The molecule has 90 valence electrons. The molecule has 2 heterocycles. The van der Waals surface area contributed by atoms with Crippen LogP contribution in [-0.2, 0) is 0 Å². The molecular formula is C15H20N2. The van der Waals surface area contributed by atoms with Gasteiger partial charge in [-0.25, -0.2) is 0 Å². The van der Waals surface area contributed by atoms with Crippen molar-refractivity contribution in [1.29, 1.82) is 0 Å². The fourth-order valence-corrected chi connectivity index (χ4v) is 3.25. The normalized spacial score (nSPS) is 25.8. The number of H-pyrrole nitrogens is 1. The van der Waals surface area contributed by atoms with Crippen molar-refractivity contribution in [2.45, 2.75) is 38.3 Å². The summed E-state index contributed by atoms with van der Waals surface area (Å²) >= 11 is 0. The van der Waals surface area contributed by atoms with Crippen molar-refractivity contribution in [3.63, 3.8) is 0 Å². The van der Waals surface area contributed by atoms with Crippen LogP contribution in [0.2, 0.25) is 0 Å². The maximum Gasteiger partial charge on any atom is 0.0457 e. The van der Waals surface area contributed by atoms with E-state index in [-0.39, 0.29) is 0 Å². The molecule has 2 nitrogen and oxygen atoms in total. The number of rotatable bonds is 2. The van der Waals surface area contributed by atoms with Crippen LogP contribution >= 0.6 is 0 Å². The molecule has 2 heteroatoms. The molecule has 1 aromatic heterocycles. The Morgan fingerprint density at radius 3 is 2.88 bits per heavy atom. The van der Waals surface area contributed by atoms with Crippen LogP contribution in [0.5, 0.6) is 0 Å². The van der Waals surface area contributed by atoms with Crippen molar-refractivity contribution in [1.82, 2.24) is 9.88 Å². The number of nitrogens with zero attached hydrogens (tertiary/aromatic N) is 1. The Morgan fingerprint density at radius 1 is 1.29 bits per heavy atom. The number of hydrogen-bond donors (Lipinski definition) is 1. The van der Waals surface area contributed by atoms with Crippen LogP contribution in [0.25, 0.3) is 10.9 Å². The predicted octanol–water partition coefficient (Wildman–Crippen LogP) is 3.71. The van der Waals surface area contributed by atoms with Gasteiger partial charge in [-0.3, -0.25) is 4.90 Å². The Kier molecular flexibility index (Phi) is 2.67. The van der Waals surface area contributed by atoms with Crippen LogP contribution < -0.4 is 0 Å². The van der Waals surface area contributed by atoms with Crippen LogP contribution in [-0.4, -0.2) is 23.0 Å². The monoisotopic (exact) mass is 228 g/mol. The van der Waals surface area contributed by atoms with E-state index in [1.165, 1.54) is 35.7 Å². The molecule has 1 aliphatic heterocycles. The third-order valence-corrected chi connectivity index (χ3v) is 4.29. The highest BCUT2D eigenvalue weighted by atomic mass is 15.2. The number of likely N-dealkylation sites (tertiary alicyclic amines) is 1. The van der Waals surface area contributed by atoms with E-state index in [0.29, 0.717) is 6.04 Å². The molecule has 1 saturated heterocycles. The summed E-state index contributed by atoms with van der Waals surface area (Å²) < 4.78 is 0. The molecule has 1 aromatic carbocycles. The molecule has 0 amide bonds. The SMILES string of the molecule is CC[C@H]1CC[C@@H](c2c[nH]c3ccccc23)N1C. The maximum absolute atomic E-state index is 3.39. The summed E-state index contributed by atoms with van der Waals surface area (Å²) in [5, 5.41) is 1.39. The van der Waals surface area contributed by atoms with E-state index in [2.05, 4.69) is 54.3 Å². The van der Waals surface area contributed by atoms with Gasteiger partial charge in [0.1, 0.15) is 0 Å². The van der Waals surface area contributed by atoms with Crippen LogP contribution in [0.4, 0.5) is 0 Å². The van der Waals surface area contributed by atoms with Crippen LogP contribution in [0.1, 0.15) is 37.8 Å². The first-order chi connectivity index (χ1) is 8.31. The minimum Gasteiger partial charge on any atom is -0.361 e. The Balaban J connectivity index is 1.99. The Hall–Kier alpha value is -1.28. The smallest absolute Gasteiger partial charge is 0.0457 e. The lowest BCUT2D eigenvalue weighted by molar-refractivity contribution is 0.239. The molecule has 2 atom stereocenters. The summed E-state index contributed by atoms with van der Waals surface area (Å²) in [5.74, 6) is 0. The van der Waals surface area contributed by atoms with Crippen LogP contribution in [0, 0.1) is 0 Å². The van der Waals surface area contributed by atoms with Gasteiger partial charge in [0, 0.05) is 29.2 Å². The fourth-order valence-electron chi connectivity index (χ4n) is 3.25. The van der Waals surface area contributed by atoms with Gasteiger partial charge < -0.3 is 4.98 Å². The number of aromatic nitrogens is 1. The highest BCUT2D eigenvalue weighted by molar-refractivity contribution is 5.83. The second-order valence-corrected chi connectivity index (χ2v) is 5.11.